The van der Waals surface area contributed by atoms with Crippen LogP contribution in [-0.4, -0.2) is 117 Å². The molecule has 4 N–H and O–H groups in total. The molecule has 270 valence electrons. The molecule has 4 heterocycles. The summed E-state index contributed by atoms with van der Waals surface area (Å²) in [5, 5.41) is 30.5. The van der Waals surface area contributed by atoms with Crippen molar-refractivity contribution >= 4 is 51.1 Å². The van der Waals surface area contributed by atoms with Crippen LogP contribution in [0.15, 0.2) is 66.9 Å². The molecule has 0 unspecified atom stereocenters. The van der Waals surface area contributed by atoms with Crippen LogP contribution in [0.5, 0.6) is 11.6 Å². The maximum Gasteiger partial charge on any atom is 0.414 e. The average molecular weight is 722 g/mol. The lowest BCUT2D eigenvalue weighted by Crippen LogP contribution is -2.25. The molecular weight excluding hydrogens is 682 g/mol. The first-order chi connectivity index (χ1) is 24.5. The fraction of sp³-hybridized carbons (Fsp3) is 0.333. The fourth-order valence-electron chi connectivity index (χ4n) is 5.51. The summed E-state index contributed by atoms with van der Waals surface area (Å²) in [4.78, 5) is 60.5. The Bertz CT molecular complexity index is 1750. The number of rotatable bonds is 11. The highest BCUT2D eigenvalue weighted by Gasteiger charge is 2.22. The van der Waals surface area contributed by atoms with Gasteiger partial charge < -0.3 is 29.9 Å². The predicted octanol–water partition coefficient (Wildman–Crippen LogP) is 4.45. The van der Waals surface area contributed by atoms with Gasteiger partial charge in [0.2, 0.25) is 5.88 Å². The van der Waals surface area contributed by atoms with E-state index >= 15 is 0 Å². The third-order valence-corrected chi connectivity index (χ3v) is 9.25. The van der Waals surface area contributed by atoms with Crippen molar-refractivity contribution < 1.29 is 53.9 Å². The Kier molecular flexibility index (Phi) is 14.4. The number of thiophene rings is 1. The molecule has 51 heavy (non-hydrogen) atoms. The highest BCUT2D eigenvalue weighted by molar-refractivity contribution is 7.22. The van der Waals surface area contributed by atoms with Gasteiger partial charge in [-0.25, -0.2) is 24.2 Å². The van der Waals surface area contributed by atoms with E-state index in [1.54, 1.807) is 23.6 Å². The number of carboxylic acids is 4. The van der Waals surface area contributed by atoms with Gasteiger partial charge in [-0.2, -0.15) is 0 Å². The van der Waals surface area contributed by atoms with Crippen LogP contribution in [0.3, 0.4) is 0 Å². The number of nitrogens with zero attached hydrogens (tertiary/aromatic N) is 3. The summed E-state index contributed by atoms with van der Waals surface area (Å²) in [6, 6.07) is 19.9. The summed E-state index contributed by atoms with van der Waals surface area (Å²) >= 11 is 1.65. The number of hydrogen-bond acceptors (Lipinski definition) is 11. The van der Waals surface area contributed by atoms with E-state index < -0.39 is 23.9 Å². The van der Waals surface area contributed by atoms with E-state index in [1.807, 2.05) is 36.4 Å². The zero-order chi connectivity index (χ0) is 36.8. The number of aromatic nitrogens is 1. The topological polar surface area (TPSA) is 204 Å². The first kappa shape index (κ1) is 38.4. The summed E-state index contributed by atoms with van der Waals surface area (Å²) in [6.45, 7) is 7.83. The molecule has 15 heteroatoms. The second kappa shape index (κ2) is 19.1. The molecule has 2 saturated heterocycles. The molecule has 0 amide bonds. The van der Waals surface area contributed by atoms with E-state index in [4.69, 9.17) is 49.1 Å². The van der Waals surface area contributed by atoms with Gasteiger partial charge in [0, 0.05) is 51.4 Å². The number of ether oxygens (including phenoxy) is 2. The Morgan fingerprint density at radius 3 is 1.71 bits per heavy atom. The Morgan fingerprint density at radius 1 is 0.667 bits per heavy atom. The Balaban J connectivity index is 0.000000420. The van der Waals surface area contributed by atoms with Gasteiger partial charge >= 0.3 is 23.9 Å². The van der Waals surface area contributed by atoms with Gasteiger partial charge in [-0.05, 0) is 93.8 Å². The van der Waals surface area contributed by atoms with Crippen molar-refractivity contribution in [1.29, 1.82) is 0 Å². The quantitative estimate of drug-likeness (QED) is 0.125. The minimum atomic E-state index is -1.82. The van der Waals surface area contributed by atoms with Crippen LogP contribution in [0, 0.1) is 0 Å². The largest absolute Gasteiger partial charge is 0.492 e. The Morgan fingerprint density at radius 2 is 1.20 bits per heavy atom. The number of carboxylic acid groups (broad SMARTS) is 4. The highest BCUT2D eigenvalue weighted by atomic mass is 32.1. The smallest absolute Gasteiger partial charge is 0.414 e. The number of carbonyl (C=O) groups excluding carboxylic acids is 1. The predicted molar refractivity (Wildman–Crippen MR) is 188 cm³/mol. The summed E-state index contributed by atoms with van der Waals surface area (Å²) in [5.74, 6) is -5.91. The molecular formula is C36H39N3O11S. The second-order valence-electron chi connectivity index (χ2n) is 11.6. The van der Waals surface area contributed by atoms with Crippen LogP contribution in [0.25, 0.3) is 20.5 Å². The SMILES string of the molecule is O=C(O)C(=O)O.O=C(O)C(=O)O.O=C(c1ccc(OCCN2CCCC2)nc1)c1c(-c2ccc(OCCN3CCCC3)cc2)sc2ccccc12. The summed E-state index contributed by atoms with van der Waals surface area (Å²) < 4.78 is 12.9. The number of benzene rings is 2. The molecule has 0 radical (unpaired) electrons. The van der Waals surface area contributed by atoms with Crippen LogP contribution in [-0.2, 0) is 19.2 Å². The molecule has 4 aromatic rings. The summed E-state index contributed by atoms with van der Waals surface area (Å²) in [7, 11) is 0. The molecule has 14 nitrogen and oxygen atoms in total. The monoisotopic (exact) mass is 721 g/mol. The molecule has 2 aromatic carbocycles. The van der Waals surface area contributed by atoms with Crippen LogP contribution < -0.4 is 9.47 Å². The highest BCUT2D eigenvalue weighted by Crippen LogP contribution is 2.40. The lowest BCUT2D eigenvalue weighted by Gasteiger charge is -2.15. The zero-order valence-corrected chi connectivity index (χ0v) is 28.5. The third-order valence-electron chi connectivity index (χ3n) is 8.03. The first-order valence-corrected chi connectivity index (χ1v) is 17.1. The van der Waals surface area contributed by atoms with Gasteiger partial charge in [0.1, 0.15) is 19.0 Å². The summed E-state index contributed by atoms with van der Waals surface area (Å²) in [5.41, 5.74) is 2.30. The molecule has 2 aromatic heterocycles. The number of aliphatic carboxylic acids is 4. The molecule has 0 saturated carbocycles. The van der Waals surface area contributed by atoms with E-state index in [0.717, 1.165) is 58.0 Å². The number of likely N-dealkylation sites (tertiary alicyclic amines) is 2. The minimum absolute atomic E-state index is 0.0236. The van der Waals surface area contributed by atoms with Crippen molar-refractivity contribution in [2.75, 3.05) is 52.5 Å². The molecule has 2 fully saturated rings. The Labute approximate surface area is 297 Å². The van der Waals surface area contributed by atoms with Crippen molar-refractivity contribution in [2.24, 2.45) is 0 Å². The fourth-order valence-corrected chi connectivity index (χ4v) is 6.71. The van der Waals surface area contributed by atoms with E-state index in [2.05, 4.69) is 33.0 Å². The van der Waals surface area contributed by atoms with E-state index in [0.29, 0.717) is 24.7 Å². The van der Waals surface area contributed by atoms with Crippen LogP contribution in [0.4, 0.5) is 0 Å². The van der Waals surface area contributed by atoms with Crippen molar-refractivity contribution in [3.63, 3.8) is 0 Å². The van der Waals surface area contributed by atoms with Crippen molar-refractivity contribution in [2.45, 2.75) is 25.7 Å². The maximum atomic E-state index is 13.8. The molecule has 0 spiro atoms. The van der Waals surface area contributed by atoms with Crippen LogP contribution >= 0.6 is 11.3 Å². The van der Waals surface area contributed by atoms with Crippen LogP contribution in [0.2, 0.25) is 0 Å². The minimum Gasteiger partial charge on any atom is -0.492 e. The van der Waals surface area contributed by atoms with Gasteiger partial charge in [0.05, 0.1) is 0 Å². The second-order valence-corrected chi connectivity index (χ2v) is 12.6. The number of fused-ring (bicyclic) bond motifs is 1. The third kappa shape index (κ3) is 11.6. The summed E-state index contributed by atoms with van der Waals surface area (Å²) in [6.07, 6.45) is 6.76. The lowest BCUT2D eigenvalue weighted by molar-refractivity contribution is -0.159. The Hall–Kier alpha value is -5.38. The normalized spacial score (nSPS) is 14.1. The molecule has 2 aliphatic rings. The average Bonchev–Trinajstić information content (AvgIpc) is 3.91. The van der Waals surface area contributed by atoms with Crippen molar-refractivity contribution in [1.82, 2.24) is 14.8 Å². The zero-order valence-electron chi connectivity index (χ0n) is 27.7. The van der Waals surface area contributed by atoms with E-state index in [9.17, 15) is 4.79 Å². The molecule has 2 aliphatic heterocycles. The van der Waals surface area contributed by atoms with Gasteiger partial charge in [0.15, 0.2) is 5.78 Å². The number of ketones is 1. The number of carbonyl (C=O) groups is 5. The number of pyridine rings is 1. The standard InChI is InChI=1S/C32H35N3O3S.2C2H2O4/c36-31(25-11-14-29(33-23-25)38-22-20-35-17-5-6-18-35)30-27-7-1-2-8-28(27)39-32(30)24-9-12-26(13-10-24)37-21-19-34-15-3-4-16-34;2*3-1(4)2(5)6/h1-2,7-14,23H,3-6,15-22H2;2*(H,3,4)(H,5,6). The van der Waals surface area contributed by atoms with Gasteiger partial charge in [0.25, 0.3) is 0 Å². The molecule has 0 atom stereocenters. The van der Waals surface area contributed by atoms with Gasteiger partial charge in [-0.15, -0.1) is 11.3 Å². The van der Waals surface area contributed by atoms with Crippen molar-refractivity contribution in [3.8, 4) is 22.1 Å². The number of hydrogen-bond donors (Lipinski definition) is 4. The molecule has 0 bridgehead atoms. The van der Waals surface area contributed by atoms with Gasteiger partial charge in [-0.1, -0.05) is 18.2 Å². The van der Waals surface area contributed by atoms with Crippen molar-refractivity contribution in [3.05, 3.63) is 78.0 Å². The van der Waals surface area contributed by atoms with Crippen LogP contribution in [0.1, 0.15) is 41.6 Å². The molecule has 0 aliphatic carbocycles. The first-order valence-electron chi connectivity index (χ1n) is 16.3. The van der Waals surface area contributed by atoms with E-state index in [1.165, 1.54) is 38.8 Å². The van der Waals surface area contributed by atoms with E-state index in [-0.39, 0.29) is 5.78 Å². The lowest BCUT2D eigenvalue weighted by atomic mass is 9.98. The maximum absolute atomic E-state index is 13.8. The van der Waals surface area contributed by atoms with Gasteiger partial charge in [-0.3, -0.25) is 14.6 Å². The molecule has 6 rings (SSSR count).